The predicted molar refractivity (Wildman–Crippen MR) is 136 cm³/mol. The van der Waals surface area contributed by atoms with Crippen molar-refractivity contribution in [2.45, 2.75) is 44.4 Å². The minimum atomic E-state index is -4.76. The molecule has 4 rings (SSSR count). The molecule has 2 fully saturated rings. The van der Waals surface area contributed by atoms with Crippen LogP contribution >= 0.6 is 11.6 Å². The number of nitrogen functional groups attached to an aromatic ring is 1. The van der Waals surface area contributed by atoms with Crippen LogP contribution in [0.5, 0.6) is 0 Å². The molecule has 0 bridgehead atoms. The Labute approximate surface area is 223 Å². The molecule has 206 valence electrons. The second-order valence-electron chi connectivity index (χ2n) is 9.34. The van der Waals surface area contributed by atoms with E-state index < -0.39 is 17.8 Å². The van der Waals surface area contributed by atoms with E-state index in [1.165, 1.54) is 13.1 Å². The van der Waals surface area contributed by atoms with E-state index in [1.807, 2.05) is 6.92 Å². The molecule has 0 unspecified atom stereocenters. The third kappa shape index (κ3) is 5.78. The minimum Gasteiger partial charge on any atom is -0.383 e. The average molecular weight is 555 g/mol. The molecule has 0 spiro atoms. The van der Waals surface area contributed by atoms with Crippen LogP contribution in [0, 0.1) is 0 Å². The molecule has 1 atom stereocenters. The van der Waals surface area contributed by atoms with Crippen molar-refractivity contribution in [2.24, 2.45) is 0 Å². The summed E-state index contributed by atoms with van der Waals surface area (Å²) in [5, 5.41) is 2.49. The summed E-state index contributed by atoms with van der Waals surface area (Å²) in [7, 11) is 1.32. The molecule has 0 saturated carbocycles. The van der Waals surface area contributed by atoms with Gasteiger partial charge in [0, 0.05) is 51.9 Å². The van der Waals surface area contributed by atoms with Crippen molar-refractivity contribution in [3.63, 3.8) is 0 Å². The number of pyridine rings is 1. The van der Waals surface area contributed by atoms with Crippen molar-refractivity contribution in [2.75, 3.05) is 50.4 Å². The summed E-state index contributed by atoms with van der Waals surface area (Å²) in [5.41, 5.74) is 4.65. The first-order chi connectivity index (χ1) is 18.0. The van der Waals surface area contributed by atoms with E-state index in [-0.39, 0.29) is 40.5 Å². The van der Waals surface area contributed by atoms with Crippen molar-refractivity contribution in [3.8, 4) is 0 Å². The van der Waals surface area contributed by atoms with E-state index in [4.69, 9.17) is 17.3 Å². The molecule has 2 aliphatic heterocycles. The van der Waals surface area contributed by atoms with Crippen molar-refractivity contribution in [1.82, 2.24) is 30.1 Å². The quantitative estimate of drug-likeness (QED) is 0.541. The van der Waals surface area contributed by atoms with Crippen molar-refractivity contribution in [1.29, 1.82) is 0 Å². The first kappa shape index (κ1) is 27.8. The number of amides is 2. The SMILES string of the molecule is CC[C@H]1CN(c2ncc(C(=O)NC)nc2C(F)(F)F)CCN1C1CCN(C(=O)c2ccc(Cl)nc2N)CC1. The number of alkyl halides is 3. The lowest BCUT2D eigenvalue weighted by molar-refractivity contribution is -0.141. The van der Waals surface area contributed by atoms with Crippen molar-refractivity contribution in [3.05, 3.63) is 40.4 Å². The highest BCUT2D eigenvalue weighted by atomic mass is 35.5. The molecule has 2 saturated heterocycles. The summed E-state index contributed by atoms with van der Waals surface area (Å²) in [6.07, 6.45) is -1.48. The number of nitrogens with one attached hydrogen (secondary N) is 1. The Hall–Kier alpha value is -3.19. The van der Waals surface area contributed by atoms with Gasteiger partial charge in [-0.3, -0.25) is 14.5 Å². The van der Waals surface area contributed by atoms with Gasteiger partial charge in [0.2, 0.25) is 0 Å². The van der Waals surface area contributed by atoms with Gasteiger partial charge in [-0.15, -0.1) is 0 Å². The smallest absolute Gasteiger partial charge is 0.383 e. The predicted octanol–water partition coefficient (Wildman–Crippen LogP) is 2.69. The molecule has 0 radical (unpaired) electrons. The van der Waals surface area contributed by atoms with Gasteiger partial charge in [0.25, 0.3) is 11.8 Å². The molecule has 2 aliphatic rings. The number of halogens is 4. The number of piperidine rings is 1. The van der Waals surface area contributed by atoms with Gasteiger partial charge in [-0.25, -0.2) is 15.0 Å². The monoisotopic (exact) mass is 554 g/mol. The second-order valence-corrected chi connectivity index (χ2v) is 9.73. The van der Waals surface area contributed by atoms with Gasteiger partial charge < -0.3 is 20.9 Å². The summed E-state index contributed by atoms with van der Waals surface area (Å²) in [6, 6.07) is 3.29. The zero-order chi connectivity index (χ0) is 27.6. The van der Waals surface area contributed by atoms with E-state index in [0.29, 0.717) is 38.3 Å². The van der Waals surface area contributed by atoms with Crippen LogP contribution in [-0.2, 0) is 6.18 Å². The minimum absolute atomic E-state index is 0.00591. The van der Waals surface area contributed by atoms with E-state index in [1.54, 1.807) is 15.9 Å². The molecule has 38 heavy (non-hydrogen) atoms. The van der Waals surface area contributed by atoms with E-state index >= 15 is 0 Å². The molecule has 0 aromatic carbocycles. The number of nitrogens with two attached hydrogens (primary N) is 1. The summed E-state index contributed by atoms with van der Waals surface area (Å²) >= 11 is 5.84. The Balaban J connectivity index is 1.44. The highest BCUT2D eigenvalue weighted by Gasteiger charge is 2.41. The highest BCUT2D eigenvalue weighted by molar-refractivity contribution is 6.29. The number of piperazine rings is 1. The second kappa shape index (κ2) is 11.3. The lowest BCUT2D eigenvalue weighted by atomic mass is 9.97. The van der Waals surface area contributed by atoms with E-state index in [0.717, 1.165) is 25.5 Å². The Kier molecular flexibility index (Phi) is 8.26. The zero-order valence-electron chi connectivity index (χ0n) is 21.1. The zero-order valence-corrected chi connectivity index (χ0v) is 21.9. The Bertz CT molecular complexity index is 1190. The van der Waals surface area contributed by atoms with Gasteiger partial charge in [-0.05, 0) is 31.4 Å². The molecular weight excluding hydrogens is 525 g/mol. The third-order valence-electron chi connectivity index (χ3n) is 7.12. The number of carbonyl (C=O) groups is 2. The number of hydrogen-bond acceptors (Lipinski definition) is 8. The molecule has 2 amide bonds. The van der Waals surface area contributed by atoms with Crippen LogP contribution in [0.15, 0.2) is 18.3 Å². The first-order valence-corrected chi connectivity index (χ1v) is 12.8. The Morgan fingerprint density at radius 2 is 1.87 bits per heavy atom. The van der Waals surface area contributed by atoms with Gasteiger partial charge >= 0.3 is 6.18 Å². The molecule has 3 N–H and O–H groups in total. The highest BCUT2D eigenvalue weighted by Crippen LogP contribution is 2.35. The molecule has 4 heterocycles. The third-order valence-corrected chi connectivity index (χ3v) is 7.33. The van der Waals surface area contributed by atoms with Gasteiger partial charge in [-0.1, -0.05) is 18.5 Å². The number of aromatic nitrogens is 3. The molecule has 2 aromatic rings. The number of hydrogen-bond donors (Lipinski definition) is 2. The molecule has 14 heteroatoms. The molecular formula is C24H30ClF3N8O2. The molecule has 10 nitrogen and oxygen atoms in total. The van der Waals surface area contributed by atoms with Gasteiger partial charge in [0.15, 0.2) is 11.5 Å². The number of rotatable bonds is 5. The fraction of sp³-hybridized carbons (Fsp3) is 0.542. The number of likely N-dealkylation sites (tertiary alicyclic amines) is 1. The van der Waals surface area contributed by atoms with Crippen molar-refractivity contribution < 1.29 is 22.8 Å². The number of nitrogens with zero attached hydrogens (tertiary/aromatic N) is 6. The van der Waals surface area contributed by atoms with E-state index in [2.05, 4.69) is 25.2 Å². The van der Waals surface area contributed by atoms with Crippen LogP contribution in [0.1, 0.15) is 52.7 Å². The Morgan fingerprint density at radius 1 is 1.16 bits per heavy atom. The van der Waals surface area contributed by atoms with Crippen LogP contribution < -0.4 is 16.0 Å². The van der Waals surface area contributed by atoms with Gasteiger partial charge in [-0.2, -0.15) is 13.2 Å². The van der Waals surface area contributed by atoms with Crippen molar-refractivity contribution >= 4 is 35.1 Å². The fourth-order valence-corrected chi connectivity index (χ4v) is 5.30. The summed E-state index contributed by atoms with van der Waals surface area (Å²) < 4.78 is 41.5. The van der Waals surface area contributed by atoms with Crippen LogP contribution in [0.4, 0.5) is 24.8 Å². The molecule has 0 aliphatic carbocycles. The molecule has 2 aromatic heterocycles. The largest absolute Gasteiger partial charge is 0.437 e. The van der Waals surface area contributed by atoms with E-state index in [9.17, 15) is 22.8 Å². The van der Waals surface area contributed by atoms with Crippen LogP contribution in [-0.4, -0.2) is 88.4 Å². The number of anilines is 2. The summed E-state index contributed by atoms with van der Waals surface area (Å²) in [4.78, 5) is 42.0. The topological polar surface area (TPSA) is 121 Å². The maximum absolute atomic E-state index is 13.8. The van der Waals surface area contributed by atoms with Crippen LogP contribution in [0.25, 0.3) is 0 Å². The first-order valence-electron chi connectivity index (χ1n) is 12.4. The summed E-state index contributed by atoms with van der Waals surface area (Å²) in [6.45, 7) is 4.29. The number of carbonyl (C=O) groups excluding carboxylic acids is 2. The van der Waals surface area contributed by atoms with Gasteiger partial charge in [0.05, 0.1) is 11.8 Å². The van der Waals surface area contributed by atoms with Gasteiger partial charge in [0.1, 0.15) is 16.7 Å². The normalized spacial score (nSPS) is 19.5. The lowest BCUT2D eigenvalue weighted by Gasteiger charge is -2.47. The van der Waals surface area contributed by atoms with Crippen LogP contribution in [0.3, 0.4) is 0 Å². The maximum Gasteiger partial charge on any atom is 0.437 e. The fourth-order valence-electron chi connectivity index (χ4n) is 5.15. The Morgan fingerprint density at radius 3 is 2.47 bits per heavy atom. The van der Waals surface area contributed by atoms with Crippen LogP contribution in [0.2, 0.25) is 5.15 Å². The lowest BCUT2D eigenvalue weighted by Crippen LogP contribution is -2.59. The summed E-state index contributed by atoms with van der Waals surface area (Å²) in [5.74, 6) is -1.10. The standard InChI is InChI=1S/C24H30ClF3N8O2/c1-3-14-13-35(21-19(24(26,27)28)32-17(12-31-21)22(37)30-2)10-11-36(14)15-6-8-34(9-7-15)23(38)16-4-5-18(25)33-20(16)29/h4-5,12,14-15H,3,6-11,13H2,1-2H3,(H2,29,33)(H,30,37)/t14-/m0/s1. The average Bonchev–Trinajstić information content (AvgIpc) is 2.91. The maximum atomic E-state index is 13.8.